The number of hydrogen-bond donors (Lipinski definition) is 4. The predicted molar refractivity (Wildman–Crippen MR) is 117 cm³/mol. The van der Waals surface area contributed by atoms with Gasteiger partial charge in [-0.25, -0.2) is 0 Å². The molecule has 1 amide bonds. The first kappa shape index (κ1) is 27.7. The maximum atomic E-state index is 12.0. The molecule has 0 saturated carbocycles. The number of nitrogens with one attached hydrogen (secondary N) is 1. The summed E-state index contributed by atoms with van der Waals surface area (Å²) in [5.41, 5.74) is -0.771. The Morgan fingerprint density at radius 3 is 2.21 bits per heavy atom. The van der Waals surface area contributed by atoms with E-state index < -0.39 is 47.4 Å². The van der Waals surface area contributed by atoms with E-state index in [4.69, 9.17) is 4.74 Å². The number of para-hydroxylation sites is 1. The summed E-state index contributed by atoms with van der Waals surface area (Å²) in [5, 5.41) is 20.4. The third-order valence-electron chi connectivity index (χ3n) is 4.35. The number of phenolic OH excluding ortho intramolecular Hbond substituents is 1. The Kier molecular flexibility index (Phi) is 8.42. The minimum absolute atomic E-state index is 0. The summed E-state index contributed by atoms with van der Waals surface area (Å²) in [6, 6.07) is 8.85. The van der Waals surface area contributed by atoms with E-state index >= 15 is 0 Å². The van der Waals surface area contributed by atoms with E-state index in [-0.39, 0.29) is 57.5 Å². The maximum absolute atomic E-state index is 12.0. The predicted octanol–water partition coefficient (Wildman–Crippen LogP) is 0.425. The fourth-order valence-corrected chi connectivity index (χ4v) is 4.21. The van der Waals surface area contributed by atoms with Crippen molar-refractivity contribution in [1.29, 1.82) is 0 Å². The number of rotatable bonds is 6. The quantitative estimate of drug-likeness (QED) is 0.203. The van der Waals surface area contributed by atoms with Crippen LogP contribution in [0.1, 0.15) is 6.92 Å². The standard InChI is InChI=1S/C19H17N3O9S2.Na/c1-10(23)20-14-9-12(32(25,26)27)7-11-8-16(33(28,29)30)18(19(24)17(11)14)22-21-13-5-3-4-6-15(13)31-2;/h3-9,24H,1-2H3,(H,20,23)(H,25,26,27)(H,28,29,30);/q;+1. The summed E-state index contributed by atoms with van der Waals surface area (Å²) in [6.07, 6.45) is 0. The molecule has 0 heterocycles. The van der Waals surface area contributed by atoms with Gasteiger partial charge in [0.15, 0.2) is 5.75 Å². The van der Waals surface area contributed by atoms with Crippen molar-refractivity contribution in [2.75, 3.05) is 12.4 Å². The van der Waals surface area contributed by atoms with Crippen molar-refractivity contribution in [3.05, 3.63) is 42.5 Å². The van der Waals surface area contributed by atoms with Gasteiger partial charge in [-0.1, -0.05) is 12.1 Å². The smallest absolute Gasteiger partial charge is 0.505 e. The normalized spacial score (nSPS) is 11.9. The molecular formula is C19H17N3NaO9S2+. The Morgan fingerprint density at radius 1 is 1.00 bits per heavy atom. The first-order valence-electron chi connectivity index (χ1n) is 8.94. The van der Waals surface area contributed by atoms with Gasteiger partial charge in [-0.2, -0.15) is 16.8 Å². The van der Waals surface area contributed by atoms with Gasteiger partial charge in [-0.05, 0) is 35.7 Å². The largest absolute Gasteiger partial charge is 1.00 e. The number of aromatic hydroxyl groups is 1. The number of hydrogen-bond acceptors (Lipinski definition) is 9. The molecule has 15 heteroatoms. The number of ether oxygens (including phenoxy) is 1. The van der Waals surface area contributed by atoms with Crippen LogP contribution in [0.3, 0.4) is 0 Å². The molecule has 0 spiro atoms. The van der Waals surface area contributed by atoms with Crippen molar-refractivity contribution in [1.82, 2.24) is 0 Å². The third-order valence-corrected chi connectivity index (χ3v) is 6.05. The van der Waals surface area contributed by atoms with E-state index in [1.807, 2.05) is 0 Å². The summed E-state index contributed by atoms with van der Waals surface area (Å²) in [4.78, 5) is 10.0. The van der Waals surface area contributed by atoms with E-state index in [2.05, 4.69) is 15.5 Å². The van der Waals surface area contributed by atoms with Crippen LogP contribution in [0, 0.1) is 0 Å². The monoisotopic (exact) mass is 518 g/mol. The molecule has 12 nitrogen and oxygen atoms in total. The van der Waals surface area contributed by atoms with E-state index in [1.165, 1.54) is 13.2 Å². The zero-order valence-electron chi connectivity index (χ0n) is 18.0. The molecule has 34 heavy (non-hydrogen) atoms. The Balaban J connectivity index is 0.00000408. The van der Waals surface area contributed by atoms with Crippen LogP contribution in [0.2, 0.25) is 0 Å². The SMILES string of the molecule is COc1ccccc1N=Nc1c(S(=O)(=O)O)cc2cc(S(=O)(=O)O)cc(NC(C)=O)c2c1O.[Na+]. The van der Waals surface area contributed by atoms with Gasteiger partial charge in [0.2, 0.25) is 5.91 Å². The number of amides is 1. The number of phenols is 1. The molecule has 3 aromatic carbocycles. The Labute approximate surface area is 216 Å². The third kappa shape index (κ3) is 5.90. The average molecular weight is 518 g/mol. The number of fused-ring (bicyclic) bond motifs is 1. The molecule has 3 aromatic rings. The van der Waals surface area contributed by atoms with Gasteiger partial charge >= 0.3 is 29.6 Å². The van der Waals surface area contributed by atoms with Gasteiger partial charge in [0.1, 0.15) is 22.0 Å². The first-order chi connectivity index (χ1) is 15.3. The molecule has 0 atom stereocenters. The topological polar surface area (TPSA) is 192 Å². The van der Waals surface area contributed by atoms with Gasteiger partial charge < -0.3 is 15.2 Å². The van der Waals surface area contributed by atoms with Crippen LogP contribution in [0.4, 0.5) is 17.1 Å². The van der Waals surface area contributed by atoms with Gasteiger partial charge in [0.05, 0.1) is 17.7 Å². The first-order valence-corrected chi connectivity index (χ1v) is 11.8. The number of benzene rings is 3. The number of anilines is 1. The zero-order valence-corrected chi connectivity index (χ0v) is 21.7. The van der Waals surface area contributed by atoms with Crippen molar-refractivity contribution in [2.24, 2.45) is 10.2 Å². The van der Waals surface area contributed by atoms with E-state index in [9.17, 15) is 35.8 Å². The zero-order chi connectivity index (χ0) is 24.6. The van der Waals surface area contributed by atoms with Crippen LogP contribution in [0.5, 0.6) is 11.5 Å². The number of carbonyl (C=O) groups excluding carboxylic acids is 1. The Bertz CT molecular complexity index is 1520. The van der Waals surface area contributed by atoms with Crippen molar-refractivity contribution in [3.63, 3.8) is 0 Å². The van der Waals surface area contributed by atoms with E-state index in [0.717, 1.165) is 25.1 Å². The Hall–Kier alpha value is -2.59. The molecule has 3 rings (SSSR count). The van der Waals surface area contributed by atoms with Crippen molar-refractivity contribution < 1.29 is 70.1 Å². The molecule has 0 radical (unpaired) electrons. The summed E-state index contributed by atoms with van der Waals surface area (Å²) in [6.45, 7) is 1.11. The number of nitrogens with zero attached hydrogens (tertiary/aromatic N) is 2. The van der Waals surface area contributed by atoms with Crippen molar-refractivity contribution in [2.45, 2.75) is 16.7 Å². The summed E-state index contributed by atoms with van der Waals surface area (Å²) < 4.78 is 71.5. The van der Waals surface area contributed by atoms with Gasteiger partial charge in [-0.3, -0.25) is 13.9 Å². The molecule has 0 fully saturated rings. The molecule has 0 aliphatic rings. The molecule has 174 valence electrons. The van der Waals surface area contributed by atoms with Crippen LogP contribution in [0.25, 0.3) is 10.8 Å². The summed E-state index contributed by atoms with van der Waals surface area (Å²) in [5.74, 6) is -1.20. The molecule has 0 unspecified atom stereocenters. The summed E-state index contributed by atoms with van der Waals surface area (Å²) in [7, 11) is -8.40. The van der Waals surface area contributed by atoms with Crippen LogP contribution >= 0.6 is 0 Å². The second-order valence-electron chi connectivity index (χ2n) is 6.64. The molecule has 0 saturated heterocycles. The number of methoxy groups -OCH3 is 1. The fraction of sp³-hybridized carbons (Fsp3) is 0.105. The molecule has 0 aliphatic carbocycles. The number of carbonyl (C=O) groups is 1. The van der Waals surface area contributed by atoms with E-state index in [1.54, 1.807) is 18.2 Å². The van der Waals surface area contributed by atoms with E-state index in [0.29, 0.717) is 0 Å². The van der Waals surface area contributed by atoms with Crippen molar-refractivity contribution >= 4 is 54.0 Å². The second-order valence-corrected chi connectivity index (χ2v) is 9.46. The average Bonchev–Trinajstić information content (AvgIpc) is 2.70. The van der Waals surface area contributed by atoms with Gasteiger partial charge in [-0.15, -0.1) is 10.2 Å². The molecule has 0 aromatic heterocycles. The molecular weight excluding hydrogens is 501 g/mol. The molecule has 0 aliphatic heterocycles. The van der Waals surface area contributed by atoms with Gasteiger partial charge in [0, 0.05) is 12.3 Å². The van der Waals surface area contributed by atoms with Crippen LogP contribution in [0.15, 0.2) is 62.5 Å². The number of azo groups is 1. The maximum Gasteiger partial charge on any atom is 1.00 e. The van der Waals surface area contributed by atoms with Crippen molar-refractivity contribution in [3.8, 4) is 11.5 Å². The van der Waals surface area contributed by atoms with Crippen LogP contribution < -0.4 is 39.6 Å². The Morgan fingerprint density at radius 2 is 1.65 bits per heavy atom. The summed E-state index contributed by atoms with van der Waals surface area (Å²) >= 11 is 0. The second kappa shape index (κ2) is 10.4. The van der Waals surface area contributed by atoms with Gasteiger partial charge in [0.25, 0.3) is 20.2 Å². The minimum Gasteiger partial charge on any atom is -0.505 e. The molecule has 4 N–H and O–H groups in total. The minimum atomic E-state index is -5.00. The van der Waals surface area contributed by atoms with Crippen LogP contribution in [-0.4, -0.2) is 44.1 Å². The van der Waals surface area contributed by atoms with Crippen LogP contribution in [-0.2, 0) is 25.0 Å². The fourth-order valence-electron chi connectivity index (χ4n) is 3.01. The molecule has 0 bridgehead atoms.